The molecule has 0 bridgehead atoms. The lowest BCUT2D eigenvalue weighted by Crippen LogP contribution is -2.54. The van der Waals surface area contributed by atoms with Gasteiger partial charge in [0.25, 0.3) is 0 Å². The molecule has 0 saturated carbocycles. The number of aliphatic imine (C=N–C) groups is 1. The molecule has 1 rings (SSSR count). The second-order valence-electron chi connectivity index (χ2n) is 7.05. The maximum atomic E-state index is 12.6. The van der Waals surface area contributed by atoms with E-state index in [9.17, 15) is 19.2 Å². The van der Waals surface area contributed by atoms with E-state index in [1.54, 1.807) is 0 Å². The summed E-state index contributed by atoms with van der Waals surface area (Å²) in [4.78, 5) is 51.2. The van der Waals surface area contributed by atoms with Crippen LogP contribution < -0.4 is 27.4 Å². The number of aldehydes is 1. The average molecular weight is 419 g/mol. The van der Waals surface area contributed by atoms with Gasteiger partial charge in [0.05, 0.1) is 6.04 Å². The molecular weight excluding hydrogens is 388 g/mol. The van der Waals surface area contributed by atoms with Gasteiger partial charge in [-0.2, -0.15) is 0 Å². The fourth-order valence-electron chi connectivity index (χ4n) is 2.76. The summed E-state index contributed by atoms with van der Waals surface area (Å²) in [5, 5.41) is 7.91. The summed E-state index contributed by atoms with van der Waals surface area (Å²) in [7, 11) is 0. The Bertz CT molecular complexity index is 580. The van der Waals surface area contributed by atoms with Crippen LogP contribution in [0.3, 0.4) is 0 Å². The van der Waals surface area contributed by atoms with Crippen LogP contribution in [0.1, 0.15) is 46.0 Å². The molecule has 7 N–H and O–H groups in total. The van der Waals surface area contributed by atoms with Gasteiger partial charge >= 0.3 is 0 Å². The number of nitrogens with zero attached hydrogens (tertiary/aromatic N) is 1. The number of hydrogen-bond donors (Lipinski definition) is 5. The minimum Gasteiger partial charge on any atom is -0.370 e. The number of carbonyl (C=O) groups is 4. The zero-order valence-corrected chi connectivity index (χ0v) is 17.1. The summed E-state index contributed by atoms with van der Waals surface area (Å²) >= 11 is 0. The lowest BCUT2D eigenvalue weighted by Gasteiger charge is -2.23. The zero-order chi connectivity index (χ0) is 20.4. The Morgan fingerprint density at radius 3 is 2.50 bits per heavy atom. The molecule has 1 saturated heterocycles. The monoisotopic (exact) mass is 418 g/mol. The summed E-state index contributed by atoms with van der Waals surface area (Å²) < 4.78 is 0. The van der Waals surface area contributed by atoms with Crippen molar-refractivity contribution in [1.29, 1.82) is 0 Å². The lowest BCUT2D eigenvalue weighted by molar-refractivity contribution is -0.131. The van der Waals surface area contributed by atoms with E-state index in [0.717, 1.165) is 0 Å². The average Bonchev–Trinajstić information content (AvgIpc) is 3.02. The van der Waals surface area contributed by atoms with Crippen molar-refractivity contribution in [3.05, 3.63) is 0 Å². The van der Waals surface area contributed by atoms with Crippen LogP contribution >= 0.6 is 12.4 Å². The van der Waals surface area contributed by atoms with E-state index >= 15 is 0 Å². The maximum Gasteiger partial charge on any atom is 0.243 e. The van der Waals surface area contributed by atoms with E-state index < -0.39 is 29.9 Å². The van der Waals surface area contributed by atoms with Crippen LogP contribution in [0, 0.1) is 5.92 Å². The number of rotatable bonds is 11. The SMILES string of the molecule is CC(C)C[C@H](NC(=O)[C@@H]1CCC(=O)N1)C(=O)N[C@H](C=O)CCCN=C(N)N.Cl. The molecule has 11 heteroatoms. The van der Waals surface area contributed by atoms with Crippen molar-refractivity contribution in [1.82, 2.24) is 16.0 Å². The van der Waals surface area contributed by atoms with Crippen LogP contribution in [-0.2, 0) is 19.2 Å². The molecule has 0 unspecified atom stereocenters. The topological polar surface area (TPSA) is 169 Å². The van der Waals surface area contributed by atoms with E-state index in [-0.39, 0.29) is 30.2 Å². The summed E-state index contributed by atoms with van der Waals surface area (Å²) in [5.41, 5.74) is 10.5. The fraction of sp³-hybridized carbons (Fsp3) is 0.706. The van der Waals surface area contributed by atoms with E-state index in [4.69, 9.17) is 11.5 Å². The molecule has 28 heavy (non-hydrogen) atoms. The zero-order valence-electron chi connectivity index (χ0n) is 16.3. The van der Waals surface area contributed by atoms with Crippen LogP contribution in [0.2, 0.25) is 0 Å². The molecule has 160 valence electrons. The van der Waals surface area contributed by atoms with Crippen LogP contribution in [-0.4, -0.2) is 54.6 Å². The first kappa shape index (κ1) is 25.6. The highest BCUT2D eigenvalue weighted by Crippen LogP contribution is 2.10. The van der Waals surface area contributed by atoms with Crippen molar-refractivity contribution in [2.24, 2.45) is 22.4 Å². The normalized spacial score (nSPS) is 17.7. The Morgan fingerprint density at radius 1 is 1.32 bits per heavy atom. The molecule has 10 nitrogen and oxygen atoms in total. The van der Waals surface area contributed by atoms with Crippen LogP contribution in [0.15, 0.2) is 4.99 Å². The Morgan fingerprint density at radius 2 is 2.00 bits per heavy atom. The van der Waals surface area contributed by atoms with Gasteiger partial charge in [0.1, 0.15) is 18.4 Å². The van der Waals surface area contributed by atoms with Crippen molar-refractivity contribution in [2.45, 2.75) is 64.1 Å². The number of nitrogens with one attached hydrogen (secondary N) is 3. The molecule has 0 aromatic rings. The van der Waals surface area contributed by atoms with Gasteiger partial charge in [-0.3, -0.25) is 19.4 Å². The first-order valence-corrected chi connectivity index (χ1v) is 9.13. The van der Waals surface area contributed by atoms with Crippen molar-refractivity contribution in [3.8, 4) is 0 Å². The second-order valence-corrected chi connectivity index (χ2v) is 7.05. The Balaban J connectivity index is 0.00000729. The molecule has 1 aliphatic rings. The first-order chi connectivity index (χ1) is 12.7. The maximum absolute atomic E-state index is 12.6. The number of nitrogens with two attached hydrogens (primary N) is 2. The Kier molecular flexibility index (Phi) is 11.8. The summed E-state index contributed by atoms with van der Waals surface area (Å²) in [6.45, 7) is 4.21. The smallest absolute Gasteiger partial charge is 0.243 e. The molecule has 1 fully saturated rings. The van der Waals surface area contributed by atoms with Crippen molar-refractivity contribution in [2.75, 3.05) is 6.54 Å². The minimum atomic E-state index is -0.782. The van der Waals surface area contributed by atoms with Gasteiger partial charge in [0.2, 0.25) is 17.7 Å². The van der Waals surface area contributed by atoms with E-state index in [1.165, 1.54) is 0 Å². The van der Waals surface area contributed by atoms with E-state index in [2.05, 4.69) is 20.9 Å². The van der Waals surface area contributed by atoms with Crippen LogP contribution in [0.5, 0.6) is 0 Å². The molecule has 0 aromatic heterocycles. The molecule has 0 aromatic carbocycles. The van der Waals surface area contributed by atoms with Gasteiger partial charge in [-0.05, 0) is 31.6 Å². The second kappa shape index (κ2) is 12.9. The molecule has 0 radical (unpaired) electrons. The lowest BCUT2D eigenvalue weighted by atomic mass is 10.0. The summed E-state index contributed by atoms with van der Waals surface area (Å²) in [6.07, 6.45) is 2.67. The van der Waals surface area contributed by atoms with E-state index in [0.29, 0.717) is 44.9 Å². The predicted molar refractivity (Wildman–Crippen MR) is 108 cm³/mol. The molecule has 3 amide bonds. The van der Waals surface area contributed by atoms with Gasteiger partial charge in [0, 0.05) is 13.0 Å². The number of carbonyl (C=O) groups excluding carboxylic acids is 4. The highest BCUT2D eigenvalue weighted by atomic mass is 35.5. The van der Waals surface area contributed by atoms with Gasteiger partial charge in [-0.25, -0.2) is 0 Å². The molecule has 0 spiro atoms. The molecule has 1 heterocycles. The number of amides is 3. The fourth-order valence-corrected chi connectivity index (χ4v) is 2.76. The highest BCUT2D eigenvalue weighted by molar-refractivity contribution is 5.94. The van der Waals surface area contributed by atoms with Gasteiger partial charge in [-0.15, -0.1) is 12.4 Å². The van der Waals surface area contributed by atoms with Crippen molar-refractivity contribution < 1.29 is 19.2 Å². The Hall–Kier alpha value is -2.36. The van der Waals surface area contributed by atoms with Crippen molar-refractivity contribution in [3.63, 3.8) is 0 Å². The Labute approximate surface area is 171 Å². The first-order valence-electron chi connectivity index (χ1n) is 9.13. The number of halogens is 1. The summed E-state index contributed by atoms with van der Waals surface area (Å²) in [5.74, 6) is -0.879. The molecule has 3 atom stereocenters. The molecule has 0 aliphatic carbocycles. The number of hydrogen-bond acceptors (Lipinski definition) is 5. The number of guanidine groups is 1. The van der Waals surface area contributed by atoms with Gasteiger partial charge in [-0.1, -0.05) is 13.8 Å². The van der Waals surface area contributed by atoms with Crippen LogP contribution in [0.25, 0.3) is 0 Å². The van der Waals surface area contributed by atoms with Crippen LogP contribution in [0.4, 0.5) is 0 Å². The minimum absolute atomic E-state index is 0. The standard InChI is InChI=1S/C17H30N6O4.ClH/c1-10(2)8-13(23-15(26)12-5-6-14(25)22-12)16(27)21-11(9-24)4-3-7-20-17(18)19;/h9-13H,3-8H2,1-2H3,(H,21,27)(H,22,25)(H,23,26)(H4,18,19,20);1H/t11-,12-,13-;/m0./s1. The third kappa shape index (κ3) is 9.54. The third-order valence-corrected chi connectivity index (χ3v) is 4.11. The van der Waals surface area contributed by atoms with E-state index in [1.807, 2.05) is 13.8 Å². The summed E-state index contributed by atoms with van der Waals surface area (Å²) in [6, 6.07) is -2.10. The molecular formula is C17H31ClN6O4. The largest absolute Gasteiger partial charge is 0.370 e. The predicted octanol–water partition coefficient (Wildman–Crippen LogP) is -1.04. The highest BCUT2D eigenvalue weighted by Gasteiger charge is 2.31. The van der Waals surface area contributed by atoms with Crippen molar-refractivity contribution >= 4 is 42.4 Å². The van der Waals surface area contributed by atoms with Gasteiger partial charge < -0.3 is 32.2 Å². The molecule has 1 aliphatic heterocycles. The third-order valence-electron chi connectivity index (χ3n) is 4.11. The van der Waals surface area contributed by atoms with Gasteiger partial charge in [0.15, 0.2) is 5.96 Å². The quantitative estimate of drug-likeness (QED) is 0.124.